The molecule has 5 nitrogen and oxygen atoms in total. The third-order valence-electron chi connectivity index (χ3n) is 2.86. The van der Waals surface area contributed by atoms with E-state index >= 15 is 0 Å². The zero-order chi connectivity index (χ0) is 15.6. The average molecular weight is 417 g/mol. The maximum Gasteiger partial charge on any atom is 0.227 e. The predicted molar refractivity (Wildman–Crippen MR) is 89.5 cm³/mol. The van der Waals surface area contributed by atoms with Crippen molar-refractivity contribution in [1.29, 1.82) is 0 Å². The molecular formula is C14H15Br2N3O2. The van der Waals surface area contributed by atoms with Gasteiger partial charge in [0.15, 0.2) is 0 Å². The summed E-state index contributed by atoms with van der Waals surface area (Å²) in [4.78, 5) is 8.67. The fourth-order valence-corrected chi connectivity index (χ4v) is 2.68. The molecule has 2 aromatic rings. The molecule has 0 saturated carbocycles. The largest absolute Gasteiger partial charge is 0.496 e. The van der Waals surface area contributed by atoms with Crippen molar-refractivity contribution in [3.8, 4) is 17.4 Å². The third kappa shape index (κ3) is 3.47. The van der Waals surface area contributed by atoms with Crippen LogP contribution in [0.4, 0.5) is 5.82 Å². The monoisotopic (exact) mass is 415 g/mol. The zero-order valence-electron chi connectivity index (χ0n) is 12.1. The van der Waals surface area contributed by atoms with E-state index in [4.69, 9.17) is 9.47 Å². The molecule has 0 saturated heterocycles. The lowest BCUT2D eigenvalue weighted by atomic mass is 10.3. The van der Waals surface area contributed by atoms with Crippen LogP contribution in [-0.2, 0) is 0 Å². The maximum absolute atomic E-state index is 5.92. The van der Waals surface area contributed by atoms with Crippen LogP contribution in [0.15, 0.2) is 21.1 Å². The summed E-state index contributed by atoms with van der Waals surface area (Å²) in [7, 11) is 3.43. The van der Waals surface area contributed by atoms with E-state index in [1.165, 1.54) is 0 Å². The quantitative estimate of drug-likeness (QED) is 0.797. The number of aryl methyl sites for hydroxylation is 1. The Balaban J connectivity index is 2.43. The highest BCUT2D eigenvalue weighted by molar-refractivity contribution is 9.11. The van der Waals surface area contributed by atoms with Crippen molar-refractivity contribution in [3.05, 3.63) is 32.5 Å². The van der Waals surface area contributed by atoms with Crippen LogP contribution in [0.2, 0.25) is 0 Å². The van der Waals surface area contributed by atoms with Gasteiger partial charge in [-0.1, -0.05) is 0 Å². The number of anilines is 1. The fourth-order valence-electron chi connectivity index (χ4n) is 1.79. The molecule has 1 aromatic heterocycles. The number of nitrogens with zero attached hydrogens (tertiary/aromatic N) is 2. The maximum atomic E-state index is 5.92. The second kappa shape index (κ2) is 6.62. The van der Waals surface area contributed by atoms with Gasteiger partial charge in [-0.25, -0.2) is 4.98 Å². The van der Waals surface area contributed by atoms with E-state index in [1.807, 2.05) is 33.0 Å². The minimum absolute atomic E-state index is 0.518. The van der Waals surface area contributed by atoms with E-state index in [0.29, 0.717) is 17.5 Å². The van der Waals surface area contributed by atoms with Crippen LogP contribution in [0.5, 0.6) is 17.4 Å². The Labute approximate surface area is 140 Å². The molecule has 0 radical (unpaired) electrons. The Morgan fingerprint density at radius 3 is 2.29 bits per heavy atom. The molecule has 1 aromatic carbocycles. The molecule has 0 spiro atoms. The first-order chi connectivity index (χ1) is 9.96. The lowest BCUT2D eigenvalue weighted by molar-refractivity contribution is 0.408. The van der Waals surface area contributed by atoms with Gasteiger partial charge in [0.2, 0.25) is 5.88 Å². The highest BCUT2D eigenvalue weighted by Crippen LogP contribution is 2.38. The van der Waals surface area contributed by atoms with Crippen molar-refractivity contribution >= 4 is 37.7 Å². The number of hydrogen-bond acceptors (Lipinski definition) is 5. The van der Waals surface area contributed by atoms with Crippen LogP contribution in [0.3, 0.4) is 0 Å². The first-order valence-corrected chi connectivity index (χ1v) is 7.78. The summed E-state index contributed by atoms with van der Waals surface area (Å²) in [6.45, 7) is 3.74. The van der Waals surface area contributed by atoms with Crippen molar-refractivity contribution in [2.45, 2.75) is 13.8 Å². The zero-order valence-corrected chi connectivity index (χ0v) is 15.3. The van der Waals surface area contributed by atoms with Crippen LogP contribution in [-0.4, -0.2) is 24.1 Å². The Morgan fingerprint density at radius 1 is 1.05 bits per heavy atom. The molecule has 2 rings (SSSR count). The number of halogens is 2. The smallest absolute Gasteiger partial charge is 0.227 e. The number of hydrogen-bond donors (Lipinski definition) is 1. The molecule has 0 aliphatic heterocycles. The number of ether oxygens (including phenoxy) is 2. The van der Waals surface area contributed by atoms with Crippen LogP contribution >= 0.6 is 31.9 Å². The van der Waals surface area contributed by atoms with Crippen molar-refractivity contribution < 1.29 is 9.47 Å². The van der Waals surface area contributed by atoms with E-state index in [0.717, 1.165) is 26.1 Å². The van der Waals surface area contributed by atoms with Crippen LogP contribution in [0.1, 0.15) is 11.4 Å². The minimum Gasteiger partial charge on any atom is -0.496 e. The van der Waals surface area contributed by atoms with Crippen LogP contribution in [0.25, 0.3) is 0 Å². The standard InChI is InChI=1S/C14H15Br2N3O2/c1-7-13(17-3)18-8(2)19-14(7)21-12-6-9(15)11(20-4)5-10(12)16/h5-6H,1-4H3,(H,17,18,19). The Morgan fingerprint density at radius 2 is 1.67 bits per heavy atom. The molecular weight excluding hydrogens is 402 g/mol. The van der Waals surface area contributed by atoms with Gasteiger partial charge in [0.05, 0.1) is 21.6 Å². The predicted octanol–water partition coefficient (Wildman–Crippen LogP) is 4.46. The molecule has 0 bridgehead atoms. The lowest BCUT2D eigenvalue weighted by Crippen LogP contribution is -2.03. The van der Waals surface area contributed by atoms with Gasteiger partial charge in [0, 0.05) is 7.05 Å². The first kappa shape index (κ1) is 16.0. The average Bonchev–Trinajstić information content (AvgIpc) is 2.45. The number of aromatic nitrogens is 2. The van der Waals surface area contributed by atoms with Crippen molar-refractivity contribution in [2.75, 3.05) is 19.5 Å². The minimum atomic E-state index is 0.518. The molecule has 1 heterocycles. The molecule has 0 aliphatic carbocycles. The summed E-state index contributed by atoms with van der Waals surface area (Å²) < 4.78 is 12.8. The van der Waals surface area contributed by atoms with Crippen molar-refractivity contribution in [1.82, 2.24) is 9.97 Å². The molecule has 0 fully saturated rings. The highest BCUT2D eigenvalue weighted by Gasteiger charge is 2.14. The number of nitrogens with one attached hydrogen (secondary N) is 1. The number of rotatable bonds is 4. The summed E-state index contributed by atoms with van der Waals surface area (Å²) in [5.41, 5.74) is 0.849. The number of methoxy groups -OCH3 is 1. The molecule has 7 heteroatoms. The summed E-state index contributed by atoms with van der Waals surface area (Å²) in [6.07, 6.45) is 0. The highest BCUT2D eigenvalue weighted by atomic mass is 79.9. The van der Waals surface area contributed by atoms with Gasteiger partial charge >= 0.3 is 0 Å². The van der Waals surface area contributed by atoms with E-state index < -0.39 is 0 Å². The normalized spacial score (nSPS) is 10.4. The van der Waals surface area contributed by atoms with Gasteiger partial charge < -0.3 is 14.8 Å². The van der Waals surface area contributed by atoms with Crippen molar-refractivity contribution in [2.24, 2.45) is 0 Å². The van der Waals surface area contributed by atoms with Gasteiger partial charge in [0.1, 0.15) is 23.1 Å². The summed E-state index contributed by atoms with van der Waals surface area (Å²) in [6, 6.07) is 3.67. The molecule has 0 amide bonds. The third-order valence-corrected chi connectivity index (χ3v) is 4.10. The molecule has 0 atom stereocenters. The summed E-state index contributed by atoms with van der Waals surface area (Å²) >= 11 is 6.92. The molecule has 0 aliphatic rings. The molecule has 0 unspecified atom stereocenters. The number of benzene rings is 1. The second-order valence-corrected chi connectivity index (χ2v) is 6.03. The van der Waals surface area contributed by atoms with Crippen LogP contribution in [0, 0.1) is 13.8 Å². The SMILES string of the molecule is CNc1nc(C)nc(Oc2cc(Br)c(OC)cc2Br)c1C. The lowest BCUT2D eigenvalue weighted by Gasteiger charge is -2.14. The van der Waals surface area contributed by atoms with E-state index in [2.05, 4.69) is 47.1 Å². The van der Waals surface area contributed by atoms with Crippen LogP contribution < -0.4 is 14.8 Å². The molecule has 1 N–H and O–H groups in total. The topological polar surface area (TPSA) is 56.3 Å². The molecule has 21 heavy (non-hydrogen) atoms. The summed E-state index contributed by atoms with van der Waals surface area (Å²) in [5.74, 6) is 3.28. The second-order valence-electron chi connectivity index (χ2n) is 4.32. The van der Waals surface area contributed by atoms with Gasteiger partial charge in [-0.3, -0.25) is 0 Å². The summed E-state index contributed by atoms with van der Waals surface area (Å²) in [5, 5.41) is 3.03. The van der Waals surface area contributed by atoms with Gasteiger partial charge in [-0.15, -0.1) is 0 Å². The molecule has 112 valence electrons. The first-order valence-electron chi connectivity index (χ1n) is 6.20. The van der Waals surface area contributed by atoms with Gasteiger partial charge in [-0.05, 0) is 57.8 Å². The van der Waals surface area contributed by atoms with Gasteiger partial charge in [0.25, 0.3) is 0 Å². The van der Waals surface area contributed by atoms with E-state index in [9.17, 15) is 0 Å². The Bertz CT molecular complexity index is 678. The van der Waals surface area contributed by atoms with Crippen molar-refractivity contribution in [3.63, 3.8) is 0 Å². The Kier molecular flexibility index (Phi) is 5.05. The van der Waals surface area contributed by atoms with E-state index in [-0.39, 0.29) is 0 Å². The van der Waals surface area contributed by atoms with E-state index in [1.54, 1.807) is 7.11 Å². The van der Waals surface area contributed by atoms with Gasteiger partial charge in [-0.2, -0.15) is 4.98 Å². The fraction of sp³-hybridized carbons (Fsp3) is 0.286. The Hall–Kier alpha value is -1.34.